The van der Waals surface area contributed by atoms with Gasteiger partial charge in [0.2, 0.25) is 0 Å². The lowest BCUT2D eigenvalue weighted by Crippen LogP contribution is -2.31. The molecule has 0 aromatic carbocycles. The van der Waals surface area contributed by atoms with Crippen LogP contribution >= 0.6 is 11.6 Å². The van der Waals surface area contributed by atoms with E-state index in [0.29, 0.717) is 0 Å². The van der Waals surface area contributed by atoms with Crippen molar-refractivity contribution in [2.45, 2.75) is 19.3 Å². The van der Waals surface area contributed by atoms with Crippen molar-refractivity contribution in [3.05, 3.63) is 0 Å². The van der Waals surface area contributed by atoms with Crippen molar-refractivity contribution in [1.29, 1.82) is 0 Å². The number of alkyl halides is 1. The summed E-state index contributed by atoms with van der Waals surface area (Å²) in [6.07, 6.45) is 3.80. The van der Waals surface area contributed by atoms with Crippen LogP contribution in [0.3, 0.4) is 0 Å². The van der Waals surface area contributed by atoms with E-state index in [2.05, 4.69) is 4.90 Å². The topological polar surface area (TPSA) is 12.5 Å². The number of nitrogens with zero attached hydrogens (tertiary/aromatic N) is 1. The van der Waals surface area contributed by atoms with Gasteiger partial charge >= 0.3 is 0 Å². The molecule has 82 valence electrons. The molecule has 1 atom stereocenters. The maximum absolute atomic E-state index is 5.87. The molecule has 2 nitrogen and oxygen atoms in total. The molecule has 0 aliphatic carbocycles. The third kappa shape index (κ3) is 2.85. The van der Waals surface area contributed by atoms with Gasteiger partial charge in [-0.2, -0.15) is 0 Å². The van der Waals surface area contributed by atoms with Gasteiger partial charge in [0, 0.05) is 32.2 Å². The van der Waals surface area contributed by atoms with Crippen LogP contribution in [0.5, 0.6) is 0 Å². The highest BCUT2D eigenvalue weighted by atomic mass is 35.5. The summed E-state index contributed by atoms with van der Waals surface area (Å²) in [5.74, 6) is 2.46. The molecule has 0 bridgehead atoms. The van der Waals surface area contributed by atoms with E-state index < -0.39 is 0 Å². The van der Waals surface area contributed by atoms with Crippen LogP contribution in [0.1, 0.15) is 19.3 Å². The Hall–Kier alpha value is 0.210. The highest BCUT2D eigenvalue weighted by Gasteiger charge is 2.24. The minimum atomic E-state index is 0.747. The Morgan fingerprint density at radius 2 is 1.93 bits per heavy atom. The van der Waals surface area contributed by atoms with Crippen LogP contribution in [0, 0.1) is 11.8 Å². The molecular formula is C11H20ClNO. The molecule has 2 rings (SSSR count). The molecule has 14 heavy (non-hydrogen) atoms. The van der Waals surface area contributed by atoms with Gasteiger partial charge < -0.3 is 9.64 Å². The third-order valence-electron chi connectivity index (χ3n) is 3.45. The smallest absolute Gasteiger partial charge is 0.0469 e. The Labute approximate surface area is 91.6 Å². The first-order valence-electron chi connectivity index (χ1n) is 5.74. The molecule has 0 radical (unpaired) electrons. The average molecular weight is 218 g/mol. The molecule has 2 heterocycles. The maximum Gasteiger partial charge on any atom is 0.0469 e. The summed E-state index contributed by atoms with van der Waals surface area (Å²) in [6.45, 7) is 5.70. The van der Waals surface area contributed by atoms with Crippen LogP contribution in [0.15, 0.2) is 0 Å². The van der Waals surface area contributed by atoms with E-state index in [1.54, 1.807) is 0 Å². The van der Waals surface area contributed by atoms with E-state index in [9.17, 15) is 0 Å². The largest absolute Gasteiger partial charge is 0.381 e. The third-order valence-corrected chi connectivity index (χ3v) is 3.88. The lowest BCUT2D eigenvalue weighted by Gasteiger charge is -2.26. The van der Waals surface area contributed by atoms with Gasteiger partial charge in [-0.05, 0) is 37.6 Å². The van der Waals surface area contributed by atoms with Gasteiger partial charge in [-0.3, -0.25) is 0 Å². The van der Waals surface area contributed by atoms with Crippen molar-refractivity contribution in [3.63, 3.8) is 0 Å². The molecule has 0 saturated carbocycles. The van der Waals surface area contributed by atoms with E-state index in [1.807, 2.05) is 0 Å². The summed E-state index contributed by atoms with van der Waals surface area (Å²) in [5, 5.41) is 0. The van der Waals surface area contributed by atoms with Gasteiger partial charge in [-0.1, -0.05) is 0 Å². The predicted molar refractivity (Wildman–Crippen MR) is 58.8 cm³/mol. The number of hydrogen-bond donors (Lipinski definition) is 0. The fourth-order valence-electron chi connectivity index (χ4n) is 2.50. The first-order chi connectivity index (χ1) is 6.88. The van der Waals surface area contributed by atoms with E-state index in [1.165, 1.54) is 38.9 Å². The van der Waals surface area contributed by atoms with Crippen molar-refractivity contribution in [2.24, 2.45) is 11.8 Å². The van der Waals surface area contributed by atoms with Crippen LogP contribution in [0.2, 0.25) is 0 Å². The van der Waals surface area contributed by atoms with Gasteiger partial charge in [0.05, 0.1) is 0 Å². The Balaban J connectivity index is 1.69. The monoisotopic (exact) mass is 217 g/mol. The molecule has 2 saturated heterocycles. The quantitative estimate of drug-likeness (QED) is 0.671. The lowest BCUT2D eigenvalue weighted by atomic mass is 10.00. The van der Waals surface area contributed by atoms with Crippen molar-refractivity contribution in [3.8, 4) is 0 Å². The van der Waals surface area contributed by atoms with Crippen LogP contribution < -0.4 is 0 Å². The molecule has 0 aromatic heterocycles. The molecule has 3 heteroatoms. The molecule has 2 aliphatic rings. The van der Waals surface area contributed by atoms with E-state index in [-0.39, 0.29) is 0 Å². The second-order valence-corrected chi connectivity index (χ2v) is 4.93. The van der Waals surface area contributed by atoms with E-state index >= 15 is 0 Å². The van der Waals surface area contributed by atoms with Crippen LogP contribution in [-0.4, -0.2) is 43.6 Å². The summed E-state index contributed by atoms with van der Waals surface area (Å²) in [6, 6.07) is 0. The Kier molecular flexibility index (Phi) is 4.09. The van der Waals surface area contributed by atoms with Gasteiger partial charge in [-0.25, -0.2) is 0 Å². The van der Waals surface area contributed by atoms with Crippen molar-refractivity contribution < 1.29 is 4.74 Å². The minimum absolute atomic E-state index is 0.747. The number of hydrogen-bond acceptors (Lipinski definition) is 2. The maximum atomic E-state index is 5.87. The molecule has 0 amide bonds. The van der Waals surface area contributed by atoms with Gasteiger partial charge in [-0.15, -0.1) is 11.6 Å². The summed E-state index contributed by atoms with van der Waals surface area (Å²) in [7, 11) is 0. The summed E-state index contributed by atoms with van der Waals surface area (Å²) >= 11 is 5.87. The summed E-state index contributed by atoms with van der Waals surface area (Å²) < 4.78 is 5.37. The zero-order chi connectivity index (χ0) is 9.80. The minimum Gasteiger partial charge on any atom is -0.381 e. The number of ether oxygens (including phenoxy) is 1. The fraction of sp³-hybridized carbons (Fsp3) is 1.00. The molecule has 0 N–H and O–H groups in total. The highest BCUT2D eigenvalue weighted by molar-refractivity contribution is 6.18. The molecule has 0 aromatic rings. The normalized spacial score (nSPS) is 31.1. The number of halogens is 1. The average Bonchev–Trinajstić information content (AvgIpc) is 2.67. The Morgan fingerprint density at radius 3 is 2.57 bits per heavy atom. The van der Waals surface area contributed by atoms with Crippen LogP contribution in [-0.2, 0) is 4.74 Å². The number of likely N-dealkylation sites (tertiary alicyclic amines) is 1. The summed E-state index contributed by atoms with van der Waals surface area (Å²) in [4.78, 5) is 2.59. The first-order valence-corrected chi connectivity index (χ1v) is 6.28. The van der Waals surface area contributed by atoms with Crippen molar-refractivity contribution in [1.82, 2.24) is 4.90 Å². The molecular weight excluding hydrogens is 198 g/mol. The van der Waals surface area contributed by atoms with Gasteiger partial charge in [0.1, 0.15) is 0 Å². The second kappa shape index (κ2) is 5.34. The molecule has 0 spiro atoms. The molecule has 2 fully saturated rings. The SMILES string of the molecule is ClCC1CCN(CC2CCOCC2)C1. The van der Waals surface area contributed by atoms with Gasteiger partial charge in [0.15, 0.2) is 0 Å². The second-order valence-electron chi connectivity index (χ2n) is 4.62. The Morgan fingerprint density at radius 1 is 1.14 bits per heavy atom. The number of rotatable bonds is 3. The van der Waals surface area contributed by atoms with Crippen molar-refractivity contribution in [2.75, 3.05) is 38.7 Å². The molecule has 1 unspecified atom stereocenters. The van der Waals surface area contributed by atoms with E-state index in [4.69, 9.17) is 16.3 Å². The first kappa shape index (κ1) is 10.7. The van der Waals surface area contributed by atoms with Crippen LogP contribution in [0.4, 0.5) is 0 Å². The highest BCUT2D eigenvalue weighted by Crippen LogP contribution is 2.22. The lowest BCUT2D eigenvalue weighted by molar-refractivity contribution is 0.0552. The standard InChI is InChI=1S/C11H20ClNO/c12-7-11-1-4-13(9-11)8-10-2-5-14-6-3-10/h10-11H,1-9H2. The Bertz CT molecular complexity index is 171. The predicted octanol–water partition coefficient (Wildman–Crippen LogP) is 1.97. The van der Waals surface area contributed by atoms with Gasteiger partial charge in [0.25, 0.3) is 0 Å². The summed E-state index contributed by atoms with van der Waals surface area (Å²) in [5.41, 5.74) is 0. The van der Waals surface area contributed by atoms with Crippen molar-refractivity contribution >= 4 is 11.6 Å². The molecule has 2 aliphatic heterocycles. The fourth-order valence-corrected chi connectivity index (χ4v) is 2.75. The van der Waals surface area contributed by atoms with Crippen LogP contribution in [0.25, 0.3) is 0 Å². The zero-order valence-electron chi connectivity index (χ0n) is 8.75. The van der Waals surface area contributed by atoms with E-state index in [0.717, 1.165) is 30.9 Å². The zero-order valence-corrected chi connectivity index (χ0v) is 9.51.